The molecule has 0 spiro atoms. The molecular weight excluding hydrogens is 657 g/mol. The fourth-order valence-electron chi connectivity index (χ4n) is 4.55. The molecule has 0 aliphatic heterocycles. The maximum Gasteiger partial charge on any atom is 0.407 e. The molecule has 14 heteroatoms. The van der Waals surface area contributed by atoms with Crippen LogP contribution in [0.1, 0.15) is 44.2 Å². The monoisotopic (exact) mass is 696 g/mol. The second kappa shape index (κ2) is 20.0. The van der Waals surface area contributed by atoms with E-state index in [2.05, 4.69) is 16.0 Å². The Morgan fingerprint density at radius 2 is 1.46 bits per heavy atom. The van der Waals surface area contributed by atoms with Crippen molar-refractivity contribution < 1.29 is 33.9 Å². The van der Waals surface area contributed by atoms with Crippen LogP contribution in [0.5, 0.6) is 0 Å². The number of hydrogen-bond donors (Lipinski definition) is 4. The smallest absolute Gasteiger partial charge is 0.407 e. The van der Waals surface area contributed by atoms with E-state index >= 15 is 0 Å². The van der Waals surface area contributed by atoms with E-state index in [1.807, 2.05) is 50.2 Å². The van der Waals surface area contributed by atoms with Crippen LogP contribution >= 0.6 is 21.6 Å². The van der Waals surface area contributed by atoms with Gasteiger partial charge >= 0.3 is 12.1 Å². The highest BCUT2D eigenvalue weighted by Crippen LogP contribution is 2.40. The number of alkyl carbamates (subject to hydrolysis) is 1. The first-order valence-electron chi connectivity index (χ1n) is 15.4. The molecule has 0 radical (unpaired) electrons. The van der Waals surface area contributed by atoms with Crippen molar-refractivity contribution in [3.63, 3.8) is 0 Å². The lowest BCUT2D eigenvalue weighted by Gasteiger charge is -2.25. The van der Waals surface area contributed by atoms with E-state index in [0.29, 0.717) is 11.3 Å². The van der Waals surface area contributed by atoms with Gasteiger partial charge in [0.05, 0.1) is 15.1 Å². The maximum atomic E-state index is 13.7. The van der Waals surface area contributed by atoms with Crippen LogP contribution in [0.4, 0.5) is 10.5 Å². The molecule has 12 nitrogen and oxygen atoms in total. The topological polar surface area (TPSA) is 177 Å². The third-order valence-corrected chi connectivity index (χ3v) is 9.80. The van der Waals surface area contributed by atoms with Crippen molar-refractivity contribution in [2.24, 2.45) is 5.92 Å². The van der Waals surface area contributed by atoms with Gasteiger partial charge in [-0.1, -0.05) is 97.4 Å². The van der Waals surface area contributed by atoms with Crippen molar-refractivity contribution in [1.82, 2.24) is 16.0 Å². The minimum absolute atomic E-state index is 0.0167. The number of benzene rings is 3. The fraction of sp³-hybridized carbons (Fsp3) is 0.353. The highest BCUT2D eigenvalue weighted by molar-refractivity contribution is 8.77. The number of amides is 3. The van der Waals surface area contributed by atoms with Crippen LogP contribution in [0.2, 0.25) is 0 Å². The van der Waals surface area contributed by atoms with E-state index in [1.165, 1.54) is 6.07 Å². The Labute approximate surface area is 287 Å². The average molecular weight is 697 g/mol. The van der Waals surface area contributed by atoms with Crippen molar-refractivity contribution >= 4 is 51.2 Å². The van der Waals surface area contributed by atoms with Gasteiger partial charge in [0.25, 0.3) is 5.69 Å². The van der Waals surface area contributed by atoms with Gasteiger partial charge in [-0.15, -0.1) is 0 Å². The molecule has 0 fully saturated rings. The molecule has 3 aromatic rings. The molecule has 0 aliphatic rings. The number of nitro benzene ring substituents is 1. The first-order valence-corrected chi connectivity index (χ1v) is 17.6. The molecule has 48 heavy (non-hydrogen) atoms. The van der Waals surface area contributed by atoms with Crippen LogP contribution in [0.25, 0.3) is 0 Å². The number of nitro groups is 1. The van der Waals surface area contributed by atoms with Crippen LogP contribution in [-0.4, -0.2) is 57.8 Å². The standard InChI is InChI=1S/C34H40N4O8S2/c1-23(2)20-26(31(39)37-27(33(41)42)21-24-12-5-3-6-13-24)36-32(40)30(48-47-29-17-10-9-16-28(29)38(44)45)18-11-19-35-34(43)46-22-25-14-7-4-8-15-25/h3-10,12-17,23,26-27,30H,11,18-22H2,1-2H3,(H,35,43)(H,36,40)(H,37,39)(H,41,42)/t26?,27-,30?/m0/s1. The van der Waals surface area contributed by atoms with Crippen molar-refractivity contribution in [2.75, 3.05) is 6.54 Å². The van der Waals surface area contributed by atoms with E-state index in [1.54, 1.807) is 42.5 Å². The predicted octanol–water partition coefficient (Wildman–Crippen LogP) is 5.75. The van der Waals surface area contributed by atoms with Crippen LogP contribution in [-0.2, 0) is 32.1 Å². The largest absolute Gasteiger partial charge is 0.480 e. The zero-order valence-electron chi connectivity index (χ0n) is 26.7. The maximum absolute atomic E-state index is 13.7. The second-order valence-electron chi connectivity index (χ2n) is 11.3. The van der Waals surface area contributed by atoms with Crippen LogP contribution in [0, 0.1) is 16.0 Å². The van der Waals surface area contributed by atoms with Gasteiger partial charge in [0.2, 0.25) is 11.8 Å². The highest BCUT2D eigenvalue weighted by atomic mass is 33.1. The summed E-state index contributed by atoms with van der Waals surface area (Å²) in [4.78, 5) is 62.7. The normalized spacial score (nSPS) is 12.7. The minimum Gasteiger partial charge on any atom is -0.480 e. The Morgan fingerprint density at radius 3 is 2.08 bits per heavy atom. The minimum atomic E-state index is -1.21. The fourth-order valence-corrected chi connectivity index (χ4v) is 7.19. The summed E-state index contributed by atoms with van der Waals surface area (Å²) in [5.41, 5.74) is 1.46. The summed E-state index contributed by atoms with van der Waals surface area (Å²) in [5.74, 6) is -2.34. The molecule has 2 unspecified atom stereocenters. The number of ether oxygens (including phenoxy) is 1. The quantitative estimate of drug-likeness (QED) is 0.0522. The van der Waals surface area contributed by atoms with E-state index < -0.39 is 46.1 Å². The van der Waals surface area contributed by atoms with Crippen molar-refractivity contribution in [3.05, 3.63) is 106 Å². The summed E-state index contributed by atoms with van der Waals surface area (Å²) >= 11 is 0. The molecular formula is C34H40N4O8S2. The van der Waals surface area contributed by atoms with Crippen molar-refractivity contribution in [3.8, 4) is 0 Å². The molecule has 0 saturated carbocycles. The number of nitrogens with one attached hydrogen (secondary N) is 3. The summed E-state index contributed by atoms with van der Waals surface area (Å²) in [7, 11) is 2.18. The Balaban J connectivity index is 1.68. The van der Waals surface area contributed by atoms with Crippen LogP contribution < -0.4 is 16.0 Å². The second-order valence-corrected chi connectivity index (χ2v) is 13.7. The van der Waals surface area contributed by atoms with E-state index in [-0.39, 0.29) is 44.0 Å². The van der Waals surface area contributed by atoms with Gasteiger partial charge in [0.15, 0.2) is 0 Å². The number of carboxylic acids is 1. The average Bonchev–Trinajstić information content (AvgIpc) is 3.07. The molecule has 0 heterocycles. The summed E-state index contributed by atoms with van der Waals surface area (Å²) in [6.45, 7) is 4.06. The number of para-hydroxylation sites is 1. The molecule has 0 saturated heterocycles. The van der Waals surface area contributed by atoms with Crippen LogP contribution in [0.3, 0.4) is 0 Å². The number of aliphatic carboxylic acids is 1. The lowest BCUT2D eigenvalue weighted by Crippen LogP contribution is -2.53. The number of carbonyl (C=O) groups excluding carboxylic acids is 3. The van der Waals surface area contributed by atoms with Crippen LogP contribution in [0.15, 0.2) is 89.8 Å². The Hall–Kier alpha value is -4.56. The molecule has 0 bridgehead atoms. The van der Waals surface area contributed by atoms with Gasteiger partial charge in [-0.2, -0.15) is 0 Å². The molecule has 3 rings (SSSR count). The summed E-state index contributed by atoms with van der Waals surface area (Å²) < 4.78 is 5.24. The molecule has 0 aromatic heterocycles. The lowest BCUT2D eigenvalue weighted by atomic mass is 10.0. The highest BCUT2D eigenvalue weighted by Gasteiger charge is 2.30. The van der Waals surface area contributed by atoms with Gasteiger partial charge in [0.1, 0.15) is 18.7 Å². The van der Waals surface area contributed by atoms with Gasteiger partial charge in [0, 0.05) is 19.0 Å². The number of carbonyl (C=O) groups is 4. The zero-order chi connectivity index (χ0) is 34.9. The van der Waals surface area contributed by atoms with E-state index in [9.17, 15) is 34.4 Å². The summed E-state index contributed by atoms with van der Waals surface area (Å²) in [6, 6.07) is 22.0. The molecule has 3 amide bonds. The number of hydrogen-bond acceptors (Lipinski definition) is 9. The SMILES string of the molecule is CC(C)CC(NC(=O)C(CCCNC(=O)OCc1ccccc1)SSc1ccccc1[N+](=O)[O-])C(=O)N[C@@H](Cc1ccccc1)C(=O)O. The molecule has 3 atom stereocenters. The molecule has 256 valence electrons. The first-order chi connectivity index (χ1) is 23.0. The Bertz CT molecular complexity index is 1510. The van der Waals surface area contributed by atoms with E-state index in [4.69, 9.17) is 4.74 Å². The lowest BCUT2D eigenvalue weighted by molar-refractivity contribution is -0.387. The van der Waals surface area contributed by atoms with Gasteiger partial charge in [-0.25, -0.2) is 9.59 Å². The van der Waals surface area contributed by atoms with Crippen molar-refractivity contribution in [2.45, 2.75) is 68.4 Å². The third kappa shape index (κ3) is 13.3. The predicted molar refractivity (Wildman–Crippen MR) is 185 cm³/mol. The van der Waals surface area contributed by atoms with Gasteiger partial charge in [-0.05, 0) is 53.2 Å². The van der Waals surface area contributed by atoms with Gasteiger partial charge in [-0.3, -0.25) is 19.7 Å². The first kappa shape index (κ1) is 37.9. The van der Waals surface area contributed by atoms with Gasteiger partial charge < -0.3 is 25.8 Å². The summed E-state index contributed by atoms with van der Waals surface area (Å²) in [5, 5.41) is 28.6. The number of nitrogens with zero attached hydrogens (tertiary/aromatic N) is 1. The number of rotatable bonds is 19. The summed E-state index contributed by atoms with van der Waals surface area (Å²) in [6.07, 6.45) is 0.320. The molecule has 3 aromatic carbocycles. The van der Waals surface area contributed by atoms with Crippen molar-refractivity contribution in [1.29, 1.82) is 0 Å². The Morgan fingerprint density at radius 1 is 0.854 bits per heavy atom. The third-order valence-electron chi connectivity index (χ3n) is 6.97. The number of carboxylic acid groups (broad SMARTS) is 1. The van der Waals surface area contributed by atoms with E-state index in [0.717, 1.165) is 32.7 Å². The molecule has 4 N–H and O–H groups in total. The molecule has 0 aliphatic carbocycles. The zero-order valence-corrected chi connectivity index (χ0v) is 28.3. The Kier molecular flexibility index (Phi) is 15.8.